The number of halogens is 1. The van der Waals surface area contributed by atoms with Gasteiger partial charge in [-0.25, -0.2) is 4.68 Å². The van der Waals surface area contributed by atoms with E-state index in [0.717, 1.165) is 35.8 Å². The van der Waals surface area contributed by atoms with E-state index in [2.05, 4.69) is 28.7 Å². The number of aromatic nitrogens is 2. The largest absolute Gasteiger partial charge is 0.348 e. The maximum Gasteiger partial charge on any atom is 0.272 e. The fourth-order valence-electron chi connectivity index (χ4n) is 3.33. The summed E-state index contributed by atoms with van der Waals surface area (Å²) >= 11 is 1.65. The fraction of sp³-hybridized carbons (Fsp3) is 0.300. The van der Waals surface area contributed by atoms with E-state index in [4.69, 9.17) is 0 Å². The van der Waals surface area contributed by atoms with Crippen LogP contribution in [0.5, 0.6) is 0 Å². The number of hydrogen-bond acceptors (Lipinski definition) is 4. The summed E-state index contributed by atoms with van der Waals surface area (Å²) in [6, 6.07) is 16.1. The Morgan fingerprint density at radius 2 is 2.07 bits per heavy atom. The molecule has 2 N–H and O–H groups in total. The molecule has 1 fully saturated rings. The lowest BCUT2D eigenvalue weighted by Crippen LogP contribution is -2.48. The first-order valence-corrected chi connectivity index (χ1v) is 9.81. The van der Waals surface area contributed by atoms with Crippen LogP contribution in [-0.4, -0.2) is 34.8 Å². The van der Waals surface area contributed by atoms with Gasteiger partial charge in [-0.05, 0) is 55.1 Å². The van der Waals surface area contributed by atoms with Crippen molar-refractivity contribution in [3.63, 3.8) is 0 Å². The average molecular weight is 403 g/mol. The van der Waals surface area contributed by atoms with Gasteiger partial charge in [0, 0.05) is 6.04 Å². The number of carbonyl (C=O) groups is 1. The molecule has 0 saturated carbocycles. The Bertz CT molecular complexity index is 879. The molecule has 1 aliphatic rings. The van der Waals surface area contributed by atoms with E-state index in [-0.39, 0.29) is 24.4 Å². The molecule has 0 bridgehead atoms. The third-order valence-corrected chi connectivity index (χ3v) is 5.71. The van der Waals surface area contributed by atoms with Crippen molar-refractivity contribution in [1.29, 1.82) is 0 Å². The summed E-state index contributed by atoms with van der Waals surface area (Å²) in [4.78, 5) is 13.9. The van der Waals surface area contributed by atoms with Gasteiger partial charge in [0.2, 0.25) is 0 Å². The molecule has 1 aliphatic heterocycles. The first-order valence-electron chi connectivity index (χ1n) is 8.93. The summed E-state index contributed by atoms with van der Waals surface area (Å²) in [6.07, 6.45) is 0.948. The van der Waals surface area contributed by atoms with Gasteiger partial charge in [-0.1, -0.05) is 31.2 Å². The minimum Gasteiger partial charge on any atom is -0.348 e. The highest BCUT2D eigenvalue weighted by Gasteiger charge is 2.25. The van der Waals surface area contributed by atoms with E-state index >= 15 is 0 Å². The normalized spacial score (nSPS) is 19.3. The second-order valence-electron chi connectivity index (χ2n) is 6.69. The van der Waals surface area contributed by atoms with E-state index in [1.165, 1.54) is 0 Å². The van der Waals surface area contributed by atoms with Crippen molar-refractivity contribution < 1.29 is 4.79 Å². The van der Waals surface area contributed by atoms with Gasteiger partial charge in [0.1, 0.15) is 0 Å². The Hall–Kier alpha value is -2.15. The maximum absolute atomic E-state index is 12.8. The molecular formula is C20H23ClN4OS. The third-order valence-electron chi connectivity index (χ3n) is 4.82. The van der Waals surface area contributed by atoms with Gasteiger partial charge < -0.3 is 10.6 Å². The Morgan fingerprint density at radius 1 is 1.26 bits per heavy atom. The van der Waals surface area contributed by atoms with Crippen molar-refractivity contribution in [2.45, 2.75) is 19.4 Å². The lowest BCUT2D eigenvalue weighted by molar-refractivity contribution is 0.0908. The molecule has 4 rings (SSSR count). The molecule has 27 heavy (non-hydrogen) atoms. The Kier molecular flexibility index (Phi) is 6.31. The first kappa shape index (κ1) is 19.6. The highest BCUT2D eigenvalue weighted by Crippen LogP contribution is 2.28. The minimum absolute atomic E-state index is 0. The number of nitrogens with zero attached hydrogens (tertiary/aromatic N) is 2. The number of piperidine rings is 1. The Labute approximate surface area is 169 Å². The zero-order valence-electron chi connectivity index (χ0n) is 15.1. The molecule has 5 nitrogen and oxygen atoms in total. The molecule has 1 amide bonds. The molecule has 3 aromatic rings. The first-order chi connectivity index (χ1) is 12.7. The van der Waals surface area contributed by atoms with Crippen LogP contribution in [0.2, 0.25) is 0 Å². The molecule has 1 aromatic carbocycles. The SMILES string of the molecule is CC1CNCCC1NC(=O)c1cc(-c2cccs2)n(-c2ccccc2)n1.Cl. The maximum atomic E-state index is 12.8. The van der Waals surface area contributed by atoms with Crippen molar-refractivity contribution in [2.75, 3.05) is 13.1 Å². The summed E-state index contributed by atoms with van der Waals surface area (Å²) < 4.78 is 1.85. The number of thiophene rings is 1. The highest BCUT2D eigenvalue weighted by atomic mass is 35.5. The quantitative estimate of drug-likeness (QED) is 0.698. The number of hydrogen-bond donors (Lipinski definition) is 2. The topological polar surface area (TPSA) is 58.9 Å². The zero-order chi connectivity index (χ0) is 17.9. The lowest BCUT2D eigenvalue weighted by Gasteiger charge is -2.29. The number of nitrogens with one attached hydrogen (secondary N) is 2. The van der Waals surface area contributed by atoms with Crippen LogP contribution in [0.15, 0.2) is 53.9 Å². The summed E-state index contributed by atoms with van der Waals surface area (Å²) in [5.41, 5.74) is 2.35. The van der Waals surface area contributed by atoms with E-state index in [1.807, 2.05) is 52.5 Å². The average Bonchev–Trinajstić information content (AvgIpc) is 3.34. The molecular weight excluding hydrogens is 380 g/mol. The van der Waals surface area contributed by atoms with Crippen molar-refractivity contribution in [2.24, 2.45) is 5.92 Å². The second-order valence-corrected chi connectivity index (χ2v) is 7.64. The van der Waals surface area contributed by atoms with Crippen LogP contribution in [-0.2, 0) is 0 Å². The number of carbonyl (C=O) groups excluding carboxylic acids is 1. The van der Waals surface area contributed by atoms with Gasteiger partial charge in [-0.3, -0.25) is 4.79 Å². The van der Waals surface area contributed by atoms with Crippen molar-refractivity contribution in [3.05, 3.63) is 59.6 Å². The molecule has 2 aromatic heterocycles. The molecule has 7 heteroatoms. The van der Waals surface area contributed by atoms with Crippen molar-refractivity contribution in [1.82, 2.24) is 20.4 Å². The van der Waals surface area contributed by atoms with Crippen LogP contribution in [0.3, 0.4) is 0 Å². The van der Waals surface area contributed by atoms with Crippen LogP contribution in [0.1, 0.15) is 23.8 Å². The fourth-order valence-corrected chi connectivity index (χ4v) is 4.06. The monoisotopic (exact) mass is 402 g/mol. The summed E-state index contributed by atoms with van der Waals surface area (Å²) in [6.45, 7) is 4.04. The summed E-state index contributed by atoms with van der Waals surface area (Å²) in [7, 11) is 0. The van der Waals surface area contributed by atoms with Gasteiger partial charge in [-0.2, -0.15) is 5.10 Å². The summed E-state index contributed by atoms with van der Waals surface area (Å²) in [5.74, 6) is 0.317. The van der Waals surface area contributed by atoms with E-state index in [1.54, 1.807) is 11.3 Å². The number of benzene rings is 1. The second kappa shape index (κ2) is 8.69. The van der Waals surface area contributed by atoms with Crippen LogP contribution in [0, 0.1) is 5.92 Å². The van der Waals surface area contributed by atoms with Crippen LogP contribution in [0.4, 0.5) is 0 Å². The summed E-state index contributed by atoms with van der Waals surface area (Å²) in [5, 5.41) is 13.2. The lowest BCUT2D eigenvalue weighted by atomic mass is 9.95. The standard InChI is InChI=1S/C20H22N4OS.ClH/c1-14-13-21-10-9-16(14)22-20(25)17-12-18(19-8-5-11-26-19)24(23-17)15-6-3-2-4-7-15;/h2-8,11-12,14,16,21H,9-10,13H2,1H3,(H,22,25);1H. The van der Waals surface area contributed by atoms with Gasteiger partial charge >= 0.3 is 0 Å². The molecule has 2 atom stereocenters. The van der Waals surface area contributed by atoms with Gasteiger partial charge in [0.25, 0.3) is 5.91 Å². The van der Waals surface area contributed by atoms with Crippen molar-refractivity contribution >= 4 is 29.7 Å². The Balaban J connectivity index is 0.00000210. The highest BCUT2D eigenvalue weighted by molar-refractivity contribution is 7.13. The molecule has 0 aliphatic carbocycles. The van der Waals surface area contributed by atoms with Gasteiger partial charge in [-0.15, -0.1) is 23.7 Å². The Morgan fingerprint density at radius 3 is 2.78 bits per heavy atom. The van der Waals surface area contributed by atoms with Crippen molar-refractivity contribution in [3.8, 4) is 16.3 Å². The number of amides is 1. The molecule has 2 unspecified atom stereocenters. The predicted molar refractivity (Wildman–Crippen MR) is 112 cm³/mol. The number of rotatable bonds is 4. The molecule has 142 valence electrons. The van der Waals surface area contributed by atoms with E-state index < -0.39 is 0 Å². The molecule has 1 saturated heterocycles. The van der Waals surface area contributed by atoms with E-state index in [0.29, 0.717) is 11.6 Å². The predicted octanol–water partition coefficient (Wildman–Crippen LogP) is 3.75. The number of para-hydroxylation sites is 1. The minimum atomic E-state index is -0.101. The smallest absolute Gasteiger partial charge is 0.272 e. The molecule has 0 radical (unpaired) electrons. The van der Waals surface area contributed by atoms with E-state index in [9.17, 15) is 4.79 Å². The van der Waals surface area contributed by atoms with Crippen LogP contribution in [0.25, 0.3) is 16.3 Å². The van der Waals surface area contributed by atoms with Gasteiger partial charge in [0.05, 0.1) is 16.3 Å². The van der Waals surface area contributed by atoms with Crippen LogP contribution >= 0.6 is 23.7 Å². The van der Waals surface area contributed by atoms with Crippen LogP contribution < -0.4 is 10.6 Å². The zero-order valence-corrected chi connectivity index (χ0v) is 16.7. The third kappa shape index (κ3) is 4.24. The van der Waals surface area contributed by atoms with Gasteiger partial charge in [0.15, 0.2) is 5.69 Å². The molecule has 3 heterocycles. The molecule has 0 spiro atoms.